The smallest absolute Gasteiger partial charge is 0.314 e. The third kappa shape index (κ3) is 2.55. The van der Waals surface area contributed by atoms with E-state index in [1.165, 1.54) is 33.4 Å². The average molecular weight is 338 g/mol. The molecule has 26 heavy (non-hydrogen) atoms. The number of rotatable bonds is 3. The van der Waals surface area contributed by atoms with Crippen LogP contribution < -0.4 is 4.74 Å². The molecule has 0 unspecified atom stereocenters. The summed E-state index contributed by atoms with van der Waals surface area (Å²) in [5, 5.41) is 0. The molecule has 0 bridgehead atoms. The van der Waals surface area contributed by atoms with Crippen LogP contribution >= 0.6 is 0 Å². The van der Waals surface area contributed by atoms with Crippen LogP contribution in [0.4, 0.5) is 0 Å². The molecule has 2 nitrogen and oxygen atoms in total. The van der Waals surface area contributed by atoms with Crippen LogP contribution in [-0.4, -0.2) is 5.97 Å². The molecule has 0 aliphatic heterocycles. The van der Waals surface area contributed by atoms with Gasteiger partial charge in [0.1, 0.15) is 5.75 Å². The Bertz CT molecular complexity index is 1020. The fourth-order valence-corrected chi connectivity index (χ4v) is 3.78. The number of hydrogen-bond acceptors (Lipinski definition) is 2. The lowest BCUT2D eigenvalue weighted by atomic mass is 9.79. The van der Waals surface area contributed by atoms with Crippen LogP contribution in [0.3, 0.4) is 0 Å². The number of carbonyl (C=O) groups is 1. The van der Waals surface area contributed by atoms with Gasteiger partial charge in [-0.1, -0.05) is 72.3 Å². The highest BCUT2D eigenvalue weighted by Crippen LogP contribution is 2.48. The fraction of sp³-hybridized carbons (Fsp3) is 0.125. The van der Waals surface area contributed by atoms with E-state index in [0.717, 1.165) is 12.8 Å². The van der Waals surface area contributed by atoms with E-state index in [2.05, 4.69) is 30.3 Å². The van der Waals surface area contributed by atoms with Crippen LogP contribution in [0.1, 0.15) is 18.4 Å². The quantitative estimate of drug-likeness (QED) is 0.352. The summed E-state index contributed by atoms with van der Waals surface area (Å²) in [6, 6.07) is 24.5. The molecule has 0 heterocycles. The zero-order valence-corrected chi connectivity index (χ0v) is 14.3. The summed E-state index contributed by atoms with van der Waals surface area (Å²) in [6.45, 7) is 0. The number of ether oxygens (including phenoxy) is 1. The van der Waals surface area contributed by atoms with Gasteiger partial charge in [0, 0.05) is 0 Å². The van der Waals surface area contributed by atoms with Crippen molar-refractivity contribution in [1.82, 2.24) is 0 Å². The van der Waals surface area contributed by atoms with Crippen LogP contribution in [-0.2, 0) is 4.79 Å². The van der Waals surface area contributed by atoms with Crippen molar-refractivity contribution >= 4 is 12.0 Å². The zero-order valence-electron chi connectivity index (χ0n) is 14.3. The molecule has 1 saturated carbocycles. The molecule has 1 fully saturated rings. The first kappa shape index (κ1) is 15.2. The van der Waals surface area contributed by atoms with Crippen molar-refractivity contribution in [3.63, 3.8) is 0 Å². The van der Waals surface area contributed by atoms with E-state index >= 15 is 0 Å². The lowest BCUT2D eigenvalue weighted by molar-refractivity contribution is -0.140. The maximum atomic E-state index is 12.4. The van der Waals surface area contributed by atoms with Gasteiger partial charge in [-0.05, 0) is 52.8 Å². The molecule has 0 N–H and O–H groups in total. The SMILES string of the molecule is O=C(Oc1ccc2c(c1)-c1ccccc1-2)C1CC(=Cc2ccccc2)C1. The number of benzene rings is 3. The molecular formula is C24H18O2. The fourth-order valence-electron chi connectivity index (χ4n) is 3.78. The summed E-state index contributed by atoms with van der Waals surface area (Å²) in [5.74, 6) is 0.495. The molecule has 2 aliphatic carbocycles. The summed E-state index contributed by atoms with van der Waals surface area (Å²) >= 11 is 0. The Kier molecular flexibility index (Phi) is 3.49. The van der Waals surface area contributed by atoms with Crippen LogP contribution in [0.15, 0.2) is 78.4 Å². The van der Waals surface area contributed by atoms with Crippen molar-refractivity contribution in [2.24, 2.45) is 5.92 Å². The maximum Gasteiger partial charge on any atom is 0.314 e. The van der Waals surface area contributed by atoms with Gasteiger partial charge in [0.25, 0.3) is 0 Å². The second-order valence-electron chi connectivity index (χ2n) is 6.99. The highest BCUT2D eigenvalue weighted by Gasteiger charge is 2.32. The second kappa shape index (κ2) is 5.99. The van der Waals surface area contributed by atoms with Crippen LogP contribution in [0.2, 0.25) is 0 Å². The standard InChI is InChI=1S/C24H18O2/c25-24(18-13-17(14-18)12-16-6-2-1-3-7-16)26-19-10-11-22-20-8-4-5-9-21(20)23(22)15-19/h1-12,15,18H,13-14H2. The molecule has 0 saturated heterocycles. The van der Waals surface area contributed by atoms with Gasteiger partial charge in [-0.15, -0.1) is 0 Å². The highest BCUT2D eigenvalue weighted by molar-refractivity contribution is 6.02. The first-order chi connectivity index (χ1) is 12.8. The molecule has 126 valence electrons. The Balaban J connectivity index is 1.24. The van der Waals surface area contributed by atoms with Crippen molar-refractivity contribution in [2.75, 3.05) is 0 Å². The number of fused-ring (bicyclic) bond motifs is 4. The summed E-state index contributed by atoms with van der Waals surface area (Å²) in [5.41, 5.74) is 7.41. The normalized spacial score (nSPS) is 16.6. The Morgan fingerprint density at radius 3 is 2.23 bits per heavy atom. The van der Waals surface area contributed by atoms with Gasteiger partial charge in [-0.3, -0.25) is 4.79 Å². The molecule has 5 rings (SSSR count). The summed E-state index contributed by atoms with van der Waals surface area (Å²) < 4.78 is 5.64. The monoisotopic (exact) mass is 338 g/mol. The highest BCUT2D eigenvalue weighted by atomic mass is 16.5. The first-order valence-electron chi connectivity index (χ1n) is 8.98. The van der Waals surface area contributed by atoms with E-state index < -0.39 is 0 Å². The molecule has 0 aromatic heterocycles. The number of allylic oxidation sites excluding steroid dienone is 1. The zero-order chi connectivity index (χ0) is 17.5. The van der Waals surface area contributed by atoms with E-state index in [0.29, 0.717) is 5.75 Å². The first-order valence-corrected chi connectivity index (χ1v) is 8.98. The van der Waals surface area contributed by atoms with Gasteiger partial charge in [-0.2, -0.15) is 0 Å². The molecule has 3 aromatic rings. The number of esters is 1. The minimum atomic E-state index is -0.122. The van der Waals surface area contributed by atoms with Gasteiger partial charge in [0.2, 0.25) is 0 Å². The molecule has 2 aliphatic rings. The lowest BCUT2D eigenvalue weighted by Crippen LogP contribution is -2.28. The van der Waals surface area contributed by atoms with Crippen molar-refractivity contribution in [1.29, 1.82) is 0 Å². The lowest BCUT2D eigenvalue weighted by Gasteiger charge is -2.28. The van der Waals surface area contributed by atoms with E-state index in [4.69, 9.17) is 4.74 Å². The largest absolute Gasteiger partial charge is 0.426 e. The van der Waals surface area contributed by atoms with Crippen LogP contribution in [0.5, 0.6) is 5.75 Å². The van der Waals surface area contributed by atoms with E-state index in [1.807, 2.05) is 48.5 Å². The van der Waals surface area contributed by atoms with Gasteiger partial charge in [0.15, 0.2) is 0 Å². The summed E-state index contributed by atoms with van der Waals surface area (Å²) in [4.78, 5) is 12.4. The minimum absolute atomic E-state index is 0.0247. The molecule has 3 aromatic carbocycles. The predicted molar refractivity (Wildman–Crippen MR) is 104 cm³/mol. The van der Waals surface area contributed by atoms with Gasteiger partial charge in [0.05, 0.1) is 5.92 Å². The van der Waals surface area contributed by atoms with E-state index in [-0.39, 0.29) is 11.9 Å². The van der Waals surface area contributed by atoms with Crippen molar-refractivity contribution in [2.45, 2.75) is 12.8 Å². The third-order valence-corrected chi connectivity index (χ3v) is 5.24. The van der Waals surface area contributed by atoms with Crippen molar-refractivity contribution in [3.05, 3.63) is 83.9 Å². The van der Waals surface area contributed by atoms with Crippen molar-refractivity contribution < 1.29 is 9.53 Å². The Morgan fingerprint density at radius 1 is 0.808 bits per heavy atom. The third-order valence-electron chi connectivity index (χ3n) is 5.24. The van der Waals surface area contributed by atoms with Crippen LogP contribution in [0, 0.1) is 5.92 Å². The van der Waals surface area contributed by atoms with Crippen molar-refractivity contribution in [3.8, 4) is 28.0 Å². The van der Waals surface area contributed by atoms with Gasteiger partial charge in [-0.25, -0.2) is 0 Å². The predicted octanol–water partition coefficient (Wildman–Crippen LogP) is 5.73. The summed E-state index contributed by atoms with van der Waals surface area (Å²) in [7, 11) is 0. The topological polar surface area (TPSA) is 26.3 Å². The maximum absolute atomic E-state index is 12.4. The molecule has 2 heteroatoms. The molecule has 0 spiro atoms. The Labute approximate surface area is 152 Å². The number of carbonyl (C=O) groups excluding carboxylic acids is 1. The Hall–Kier alpha value is -3.13. The second-order valence-corrected chi connectivity index (χ2v) is 6.99. The molecule has 0 amide bonds. The summed E-state index contributed by atoms with van der Waals surface area (Å²) in [6.07, 6.45) is 3.76. The molecule has 0 atom stereocenters. The molecular weight excluding hydrogens is 320 g/mol. The van der Waals surface area contributed by atoms with Gasteiger partial charge >= 0.3 is 5.97 Å². The number of hydrogen-bond donors (Lipinski definition) is 0. The molecule has 0 radical (unpaired) electrons. The minimum Gasteiger partial charge on any atom is -0.426 e. The van der Waals surface area contributed by atoms with E-state index in [1.54, 1.807) is 0 Å². The average Bonchev–Trinajstić information content (AvgIpc) is 2.63. The van der Waals surface area contributed by atoms with E-state index in [9.17, 15) is 4.79 Å². The van der Waals surface area contributed by atoms with Gasteiger partial charge < -0.3 is 4.74 Å². The van der Waals surface area contributed by atoms with Crippen LogP contribution in [0.25, 0.3) is 28.3 Å². The Morgan fingerprint density at radius 2 is 1.46 bits per heavy atom.